The van der Waals surface area contributed by atoms with Gasteiger partial charge in [0.15, 0.2) is 0 Å². The molecule has 0 bridgehead atoms. The summed E-state index contributed by atoms with van der Waals surface area (Å²) in [5.74, 6) is -0.630. The Morgan fingerprint density at radius 1 is 1.36 bits per heavy atom. The number of aryl methyl sites for hydroxylation is 1. The van der Waals surface area contributed by atoms with Crippen molar-refractivity contribution < 1.29 is 18.3 Å². The molecule has 0 spiro atoms. The minimum atomic E-state index is -2.94. The van der Waals surface area contributed by atoms with Crippen molar-refractivity contribution in [2.75, 3.05) is 5.43 Å². The van der Waals surface area contributed by atoms with Crippen molar-refractivity contribution in [3.63, 3.8) is 0 Å². The van der Waals surface area contributed by atoms with Crippen molar-refractivity contribution in [2.45, 2.75) is 20.0 Å². The highest BCUT2D eigenvalue weighted by molar-refractivity contribution is 7.18. The molecule has 0 radical (unpaired) electrons. The van der Waals surface area contributed by atoms with Crippen LogP contribution in [0.3, 0.4) is 0 Å². The van der Waals surface area contributed by atoms with Crippen molar-refractivity contribution in [3.8, 4) is 5.75 Å². The molecule has 0 unspecified atom stereocenters. The summed E-state index contributed by atoms with van der Waals surface area (Å²) in [5, 5.41) is 0.435. The number of hydrogen-bond donors (Lipinski definition) is 1. The summed E-state index contributed by atoms with van der Waals surface area (Å²) < 4.78 is 29.5. The van der Waals surface area contributed by atoms with E-state index >= 15 is 0 Å². The number of fused-ring (bicyclic) bond motifs is 1. The molecule has 3 aromatic rings. The van der Waals surface area contributed by atoms with Crippen LogP contribution in [0.5, 0.6) is 5.75 Å². The monoisotopic (exact) mass is 365 g/mol. The van der Waals surface area contributed by atoms with Gasteiger partial charge in [-0.25, -0.2) is 9.66 Å². The molecule has 25 heavy (non-hydrogen) atoms. The molecule has 0 aliphatic heterocycles. The number of amides is 1. The van der Waals surface area contributed by atoms with Gasteiger partial charge in [-0.3, -0.25) is 15.0 Å². The van der Waals surface area contributed by atoms with E-state index in [1.165, 1.54) is 41.9 Å². The summed E-state index contributed by atoms with van der Waals surface area (Å²) in [6.45, 7) is -0.957. The van der Waals surface area contributed by atoms with Crippen LogP contribution >= 0.6 is 11.3 Å². The van der Waals surface area contributed by atoms with Gasteiger partial charge < -0.3 is 4.74 Å². The third kappa shape index (κ3) is 3.66. The number of alkyl halides is 2. The van der Waals surface area contributed by atoms with E-state index in [0.717, 1.165) is 16.0 Å². The Kier molecular flexibility index (Phi) is 4.75. The van der Waals surface area contributed by atoms with Gasteiger partial charge >= 0.3 is 6.61 Å². The predicted octanol–water partition coefficient (Wildman–Crippen LogP) is 3.01. The second-order valence-electron chi connectivity index (χ2n) is 5.05. The van der Waals surface area contributed by atoms with Crippen molar-refractivity contribution in [1.82, 2.24) is 9.66 Å². The topological polar surface area (TPSA) is 73.2 Å². The zero-order valence-electron chi connectivity index (χ0n) is 13.0. The molecular weight excluding hydrogens is 352 g/mol. The standard InChI is InChI=1S/C16H13F2N3O3S/c1-2-11-7-12-14(25-11)19-8-21(15(12)23)20-13(22)9-3-5-10(6-4-9)24-16(17)18/h3-8,16H,2H2,1H3,(H,20,22). The maximum Gasteiger partial charge on any atom is 0.387 e. The first-order valence-electron chi connectivity index (χ1n) is 7.34. The van der Waals surface area contributed by atoms with E-state index in [0.29, 0.717) is 10.2 Å². The molecule has 0 saturated carbocycles. The summed E-state index contributed by atoms with van der Waals surface area (Å²) in [6.07, 6.45) is 2.03. The third-order valence-electron chi connectivity index (χ3n) is 3.42. The molecule has 3 rings (SSSR count). The Morgan fingerprint density at radius 2 is 2.08 bits per heavy atom. The van der Waals surface area contributed by atoms with E-state index in [-0.39, 0.29) is 16.9 Å². The zero-order valence-corrected chi connectivity index (χ0v) is 13.8. The van der Waals surface area contributed by atoms with Crippen LogP contribution in [0.25, 0.3) is 10.2 Å². The van der Waals surface area contributed by atoms with Gasteiger partial charge in [0.1, 0.15) is 16.9 Å². The van der Waals surface area contributed by atoms with E-state index in [9.17, 15) is 18.4 Å². The lowest BCUT2D eigenvalue weighted by atomic mass is 10.2. The predicted molar refractivity (Wildman–Crippen MR) is 90.0 cm³/mol. The molecule has 1 amide bonds. The Balaban J connectivity index is 1.82. The van der Waals surface area contributed by atoms with E-state index < -0.39 is 12.5 Å². The number of rotatable bonds is 5. The molecule has 0 aliphatic rings. The molecule has 2 heterocycles. The number of benzene rings is 1. The number of aromatic nitrogens is 2. The molecule has 1 N–H and O–H groups in total. The Morgan fingerprint density at radius 3 is 2.72 bits per heavy atom. The van der Waals surface area contributed by atoms with Crippen LogP contribution in [0.15, 0.2) is 41.5 Å². The van der Waals surface area contributed by atoms with Gasteiger partial charge in [0.05, 0.1) is 5.39 Å². The Bertz CT molecular complexity index is 967. The molecule has 0 aliphatic carbocycles. The zero-order chi connectivity index (χ0) is 18.0. The fourth-order valence-electron chi connectivity index (χ4n) is 2.19. The molecule has 2 aromatic heterocycles. The van der Waals surface area contributed by atoms with Crippen LogP contribution in [0.2, 0.25) is 0 Å². The highest BCUT2D eigenvalue weighted by atomic mass is 32.1. The van der Waals surface area contributed by atoms with E-state index in [1.807, 2.05) is 6.92 Å². The SMILES string of the molecule is CCc1cc2c(=O)n(NC(=O)c3ccc(OC(F)F)cc3)cnc2s1. The maximum absolute atomic E-state index is 12.4. The number of ether oxygens (including phenoxy) is 1. The van der Waals surface area contributed by atoms with Gasteiger partial charge in [-0.2, -0.15) is 8.78 Å². The average molecular weight is 365 g/mol. The quantitative estimate of drug-likeness (QED) is 0.754. The lowest BCUT2D eigenvalue weighted by Crippen LogP contribution is -2.32. The van der Waals surface area contributed by atoms with E-state index in [1.54, 1.807) is 6.07 Å². The van der Waals surface area contributed by atoms with Crippen LogP contribution in [-0.2, 0) is 6.42 Å². The molecule has 0 fully saturated rings. The van der Waals surface area contributed by atoms with Gasteiger partial charge in [-0.15, -0.1) is 11.3 Å². The highest BCUT2D eigenvalue weighted by Gasteiger charge is 2.12. The first kappa shape index (κ1) is 17.0. The number of carbonyl (C=O) groups excluding carboxylic acids is 1. The molecule has 9 heteroatoms. The molecule has 6 nitrogen and oxygen atoms in total. The number of nitrogens with zero attached hydrogens (tertiary/aromatic N) is 2. The summed E-state index contributed by atoms with van der Waals surface area (Å²) in [4.78, 5) is 30.4. The number of thiophene rings is 1. The molecule has 0 atom stereocenters. The number of carbonyl (C=O) groups is 1. The van der Waals surface area contributed by atoms with Gasteiger partial charge in [-0.1, -0.05) is 6.92 Å². The summed E-state index contributed by atoms with van der Waals surface area (Å²) in [7, 11) is 0. The highest BCUT2D eigenvalue weighted by Crippen LogP contribution is 2.21. The molecule has 1 aromatic carbocycles. The van der Waals surface area contributed by atoms with Gasteiger partial charge in [0.25, 0.3) is 11.5 Å². The summed E-state index contributed by atoms with van der Waals surface area (Å²) in [5.41, 5.74) is 2.23. The second-order valence-corrected chi connectivity index (χ2v) is 6.16. The van der Waals surface area contributed by atoms with Crippen molar-refractivity contribution in [3.05, 3.63) is 57.5 Å². The lowest BCUT2D eigenvalue weighted by Gasteiger charge is -2.08. The fourth-order valence-corrected chi connectivity index (χ4v) is 3.11. The lowest BCUT2D eigenvalue weighted by molar-refractivity contribution is -0.0498. The van der Waals surface area contributed by atoms with Gasteiger partial charge in [-0.05, 0) is 36.8 Å². The van der Waals surface area contributed by atoms with Crippen molar-refractivity contribution in [2.24, 2.45) is 0 Å². The van der Waals surface area contributed by atoms with E-state index in [4.69, 9.17) is 0 Å². The van der Waals surface area contributed by atoms with Crippen molar-refractivity contribution >= 4 is 27.5 Å². The first-order chi connectivity index (χ1) is 12.0. The number of halogens is 2. The molecule has 130 valence electrons. The number of hydrogen-bond acceptors (Lipinski definition) is 5. The van der Waals surface area contributed by atoms with Gasteiger partial charge in [0, 0.05) is 10.4 Å². The first-order valence-corrected chi connectivity index (χ1v) is 8.16. The number of nitrogens with one attached hydrogen (secondary N) is 1. The molecular formula is C16H13F2N3O3S. The van der Waals surface area contributed by atoms with Crippen LogP contribution in [0.4, 0.5) is 8.78 Å². The summed E-state index contributed by atoms with van der Waals surface area (Å²) in [6, 6.07) is 6.90. The largest absolute Gasteiger partial charge is 0.435 e. The van der Waals surface area contributed by atoms with Crippen molar-refractivity contribution in [1.29, 1.82) is 0 Å². The van der Waals surface area contributed by atoms with Crippen LogP contribution in [0, 0.1) is 0 Å². The smallest absolute Gasteiger partial charge is 0.387 e. The minimum Gasteiger partial charge on any atom is -0.435 e. The maximum atomic E-state index is 12.4. The van der Waals surface area contributed by atoms with E-state index in [2.05, 4.69) is 15.1 Å². The molecule has 0 saturated heterocycles. The summed E-state index contributed by atoms with van der Waals surface area (Å²) >= 11 is 1.43. The Hall–Kier alpha value is -2.81. The minimum absolute atomic E-state index is 0.0582. The third-order valence-corrected chi connectivity index (χ3v) is 4.60. The van der Waals surface area contributed by atoms with Crippen LogP contribution in [0.1, 0.15) is 22.2 Å². The normalized spacial score (nSPS) is 11.0. The fraction of sp³-hybridized carbons (Fsp3) is 0.188. The van der Waals surface area contributed by atoms with Crippen LogP contribution in [-0.4, -0.2) is 22.2 Å². The average Bonchev–Trinajstić information content (AvgIpc) is 3.01. The van der Waals surface area contributed by atoms with Gasteiger partial charge in [0.2, 0.25) is 0 Å². The van der Waals surface area contributed by atoms with Crippen LogP contribution < -0.4 is 15.7 Å². The Labute approximate surface area is 144 Å². The second kappa shape index (κ2) is 6.98.